The molecule has 1 unspecified atom stereocenters. The van der Waals surface area contributed by atoms with Gasteiger partial charge in [-0.05, 0) is 66.1 Å². The first kappa shape index (κ1) is 18.0. The molecular weight excluding hydrogens is 380 g/mol. The summed E-state index contributed by atoms with van der Waals surface area (Å²) in [5, 5.41) is 3.03. The number of nitrogens with zero attached hydrogens (tertiary/aromatic N) is 1. The third kappa shape index (κ3) is 4.37. The second-order valence-electron chi connectivity index (χ2n) is 5.46. The largest absolute Gasteiger partial charge is 0.468 e. The van der Waals surface area contributed by atoms with E-state index < -0.39 is 0 Å². The van der Waals surface area contributed by atoms with Gasteiger partial charge in [0.1, 0.15) is 5.76 Å². The van der Waals surface area contributed by atoms with E-state index in [9.17, 15) is 4.79 Å². The van der Waals surface area contributed by atoms with Gasteiger partial charge in [-0.25, -0.2) is 0 Å². The molecule has 0 bridgehead atoms. The normalized spacial score (nSPS) is 15.9. The molecule has 1 aromatic heterocycles. The van der Waals surface area contributed by atoms with E-state index in [1.54, 1.807) is 6.26 Å². The zero-order valence-electron chi connectivity index (χ0n) is 12.7. The number of carbonyl (C=O) groups excluding carboxylic acids is 1. The fourth-order valence-electron chi connectivity index (χ4n) is 2.87. The van der Waals surface area contributed by atoms with Crippen LogP contribution in [0.1, 0.15) is 35.0 Å². The van der Waals surface area contributed by atoms with Crippen molar-refractivity contribution in [1.82, 2.24) is 10.2 Å². The zero-order valence-corrected chi connectivity index (χ0v) is 15.1. The topological polar surface area (TPSA) is 45.5 Å². The van der Waals surface area contributed by atoms with Crippen LogP contribution < -0.4 is 5.32 Å². The molecule has 1 amide bonds. The second-order valence-corrected chi connectivity index (χ2v) is 6.32. The van der Waals surface area contributed by atoms with Crippen molar-refractivity contribution >= 4 is 34.2 Å². The Kier molecular flexibility index (Phi) is 6.69. The van der Waals surface area contributed by atoms with Gasteiger partial charge in [0.2, 0.25) is 0 Å². The number of amides is 1. The number of carbonyl (C=O) groups is 1. The Bertz CT molecular complexity index is 627. The summed E-state index contributed by atoms with van der Waals surface area (Å²) < 4.78 is 6.38. The number of rotatable bonds is 5. The van der Waals surface area contributed by atoms with Crippen molar-refractivity contribution < 1.29 is 9.21 Å². The van der Waals surface area contributed by atoms with Crippen LogP contribution in [-0.4, -0.2) is 30.4 Å². The van der Waals surface area contributed by atoms with Crippen LogP contribution in [0.25, 0.3) is 0 Å². The van der Waals surface area contributed by atoms with Crippen molar-refractivity contribution in [1.29, 1.82) is 0 Å². The minimum atomic E-state index is -0.0665. The molecule has 124 valence electrons. The van der Waals surface area contributed by atoms with Crippen LogP contribution in [0.4, 0.5) is 0 Å². The van der Waals surface area contributed by atoms with Gasteiger partial charge in [-0.15, -0.1) is 12.4 Å². The number of hydrogen-bond acceptors (Lipinski definition) is 3. The van der Waals surface area contributed by atoms with Crippen LogP contribution in [0.3, 0.4) is 0 Å². The number of nitrogens with one attached hydrogen (secondary N) is 1. The minimum Gasteiger partial charge on any atom is -0.468 e. The van der Waals surface area contributed by atoms with Crippen LogP contribution in [0, 0.1) is 0 Å². The lowest BCUT2D eigenvalue weighted by atomic mass is 10.1. The Labute approximate surface area is 150 Å². The van der Waals surface area contributed by atoms with Gasteiger partial charge < -0.3 is 9.73 Å². The maximum atomic E-state index is 12.4. The quantitative estimate of drug-likeness (QED) is 0.825. The molecule has 2 aromatic rings. The number of furan rings is 1. The first-order valence-electron chi connectivity index (χ1n) is 7.56. The molecule has 4 nitrogen and oxygen atoms in total. The maximum Gasteiger partial charge on any atom is 0.252 e. The molecule has 23 heavy (non-hydrogen) atoms. The summed E-state index contributed by atoms with van der Waals surface area (Å²) in [6.07, 6.45) is 4.10. The first-order chi connectivity index (χ1) is 10.8. The van der Waals surface area contributed by atoms with Gasteiger partial charge >= 0.3 is 0 Å². The third-order valence-electron chi connectivity index (χ3n) is 4.03. The van der Waals surface area contributed by atoms with Gasteiger partial charge in [-0.1, -0.05) is 12.1 Å². The molecule has 2 heterocycles. The smallest absolute Gasteiger partial charge is 0.252 e. The second kappa shape index (κ2) is 8.52. The molecule has 6 heteroatoms. The van der Waals surface area contributed by atoms with E-state index in [2.05, 4.69) is 26.1 Å². The Balaban J connectivity index is 0.00000192. The fraction of sp³-hybridized carbons (Fsp3) is 0.353. The monoisotopic (exact) mass is 398 g/mol. The van der Waals surface area contributed by atoms with Crippen LogP contribution in [0.5, 0.6) is 0 Å². The van der Waals surface area contributed by atoms with E-state index in [-0.39, 0.29) is 24.4 Å². The average molecular weight is 400 g/mol. The first-order valence-corrected chi connectivity index (χ1v) is 8.35. The van der Waals surface area contributed by atoms with Gasteiger partial charge in [0.05, 0.1) is 17.9 Å². The molecule has 0 spiro atoms. The van der Waals surface area contributed by atoms with E-state index in [0.29, 0.717) is 12.1 Å². The van der Waals surface area contributed by atoms with E-state index in [0.717, 1.165) is 23.3 Å². The maximum absolute atomic E-state index is 12.4. The number of halogens is 2. The van der Waals surface area contributed by atoms with Crippen LogP contribution in [0.15, 0.2) is 51.6 Å². The van der Waals surface area contributed by atoms with Gasteiger partial charge in [0.15, 0.2) is 0 Å². The predicted octanol–water partition coefficient (Wildman–Crippen LogP) is 4.03. The molecule has 1 fully saturated rings. The summed E-state index contributed by atoms with van der Waals surface area (Å²) in [4.78, 5) is 14.7. The van der Waals surface area contributed by atoms with E-state index >= 15 is 0 Å². The fourth-order valence-corrected chi connectivity index (χ4v) is 3.34. The minimum absolute atomic E-state index is 0. The molecular formula is C17H20BrClN2O2. The zero-order chi connectivity index (χ0) is 15.4. The molecule has 0 saturated carbocycles. The van der Waals surface area contributed by atoms with Crippen molar-refractivity contribution in [2.75, 3.05) is 19.6 Å². The Morgan fingerprint density at radius 2 is 1.96 bits per heavy atom. The van der Waals surface area contributed by atoms with E-state index in [1.807, 2.05) is 36.4 Å². The summed E-state index contributed by atoms with van der Waals surface area (Å²) in [5.74, 6) is 0.845. The molecule has 1 saturated heterocycles. The summed E-state index contributed by atoms with van der Waals surface area (Å²) >= 11 is 3.42. The highest BCUT2D eigenvalue weighted by Gasteiger charge is 2.26. The lowest BCUT2D eigenvalue weighted by Crippen LogP contribution is -2.36. The highest BCUT2D eigenvalue weighted by atomic mass is 79.9. The van der Waals surface area contributed by atoms with Gasteiger partial charge in [0, 0.05) is 11.0 Å². The summed E-state index contributed by atoms with van der Waals surface area (Å²) in [6, 6.07) is 11.4. The lowest BCUT2D eigenvalue weighted by molar-refractivity contribution is 0.0933. The van der Waals surface area contributed by atoms with Gasteiger partial charge in [0.25, 0.3) is 5.91 Å². The highest BCUT2D eigenvalue weighted by molar-refractivity contribution is 9.10. The number of hydrogen-bond donors (Lipinski definition) is 1. The van der Waals surface area contributed by atoms with Gasteiger partial charge in [-0.3, -0.25) is 9.69 Å². The van der Waals surface area contributed by atoms with Crippen molar-refractivity contribution in [3.8, 4) is 0 Å². The molecule has 1 N–H and O–H groups in total. The van der Waals surface area contributed by atoms with Crippen molar-refractivity contribution in [2.24, 2.45) is 0 Å². The third-order valence-corrected chi connectivity index (χ3v) is 4.72. The van der Waals surface area contributed by atoms with Crippen LogP contribution >= 0.6 is 28.3 Å². The van der Waals surface area contributed by atoms with E-state index in [1.165, 1.54) is 12.8 Å². The number of likely N-dealkylation sites (tertiary alicyclic amines) is 1. The Hall–Kier alpha value is -1.30. The van der Waals surface area contributed by atoms with Gasteiger partial charge in [-0.2, -0.15) is 0 Å². The van der Waals surface area contributed by atoms with Crippen molar-refractivity contribution in [3.05, 3.63) is 58.5 Å². The Morgan fingerprint density at radius 1 is 1.22 bits per heavy atom. The molecule has 0 radical (unpaired) electrons. The molecule has 1 atom stereocenters. The molecule has 0 aliphatic carbocycles. The predicted molar refractivity (Wildman–Crippen MR) is 96.0 cm³/mol. The molecule has 3 rings (SSSR count). The average Bonchev–Trinajstić information content (AvgIpc) is 3.21. The summed E-state index contributed by atoms with van der Waals surface area (Å²) in [5.41, 5.74) is 0.655. The molecule has 1 aromatic carbocycles. The standard InChI is InChI=1S/C17H19BrN2O2.ClH/c18-14-7-2-1-6-13(14)17(21)19-12-15(16-8-5-11-22-16)20-9-3-4-10-20;/h1-2,5-8,11,15H,3-4,9-10,12H2,(H,19,21);1H. The van der Waals surface area contributed by atoms with Crippen LogP contribution in [-0.2, 0) is 0 Å². The van der Waals surface area contributed by atoms with Crippen molar-refractivity contribution in [2.45, 2.75) is 18.9 Å². The van der Waals surface area contributed by atoms with E-state index in [4.69, 9.17) is 4.42 Å². The highest BCUT2D eigenvalue weighted by Crippen LogP contribution is 2.25. The lowest BCUT2D eigenvalue weighted by Gasteiger charge is -2.26. The molecule has 1 aliphatic heterocycles. The van der Waals surface area contributed by atoms with Crippen molar-refractivity contribution in [3.63, 3.8) is 0 Å². The SMILES string of the molecule is Cl.O=C(NCC(c1ccco1)N1CCCC1)c1ccccc1Br. The van der Waals surface area contributed by atoms with Crippen LogP contribution in [0.2, 0.25) is 0 Å². The Morgan fingerprint density at radius 3 is 2.61 bits per heavy atom. The molecule has 1 aliphatic rings. The summed E-state index contributed by atoms with van der Waals surface area (Å²) in [7, 11) is 0. The number of benzene rings is 1. The summed E-state index contributed by atoms with van der Waals surface area (Å²) in [6.45, 7) is 2.65.